The molecule has 1 fully saturated rings. The van der Waals surface area contributed by atoms with E-state index in [0.29, 0.717) is 24.0 Å². The zero-order valence-corrected chi connectivity index (χ0v) is 16.4. The summed E-state index contributed by atoms with van der Waals surface area (Å²) < 4.78 is 69.4. The molecule has 0 aromatic carbocycles. The first-order valence-corrected chi connectivity index (χ1v) is 9.58. The van der Waals surface area contributed by atoms with Crippen LogP contribution in [0.25, 0.3) is 17.0 Å². The second kappa shape index (κ2) is 7.41. The molecule has 0 unspecified atom stereocenters. The molecule has 11 heteroatoms. The number of pyridine rings is 2. The molecule has 31 heavy (non-hydrogen) atoms. The number of hydrogen-bond donors (Lipinski definition) is 3. The Bertz CT molecular complexity index is 1090. The average Bonchev–Trinajstić information content (AvgIpc) is 3.12. The van der Waals surface area contributed by atoms with E-state index in [-0.39, 0.29) is 30.9 Å². The van der Waals surface area contributed by atoms with Gasteiger partial charge in [0.15, 0.2) is 5.60 Å². The zero-order valence-electron chi connectivity index (χ0n) is 16.4. The van der Waals surface area contributed by atoms with Gasteiger partial charge in [0, 0.05) is 31.3 Å². The normalized spacial score (nSPS) is 21.1. The monoisotopic (exact) mass is 441 g/mol. The van der Waals surface area contributed by atoms with Crippen LogP contribution in [0.2, 0.25) is 0 Å². The number of alkyl halides is 5. The number of anilines is 1. The number of rotatable bonds is 4. The van der Waals surface area contributed by atoms with Gasteiger partial charge in [-0.2, -0.15) is 13.2 Å². The predicted molar refractivity (Wildman–Crippen MR) is 104 cm³/mol. The molecule has 0 bridgehead atoms. The van der Waals surface area contributed by atoms with Crippen molar-refractivity contribution in [2.75, 3.05) is 18.4 Å². The molecule has 4 rings (SSSR count). The van der Waals surface area contributed by atoms with Crippen molar-refractivity contribution in [1.82, 2.24) is 19.7 Å². The fraction of sp³-hybridized carbons (Fsp3) is 0.400. The van der Waals surface area contributed by atoms with Crippen LogP contribution >= 0.6 is 0 Å². The highest BCUT2D eigenvalue weighted by atomic mass is 19.4. The molecule has 1 aliphatic rings. The van der Waals surface area contributed by atoms with Gasteiger partial charge in [-0.05, 0) is 25.1 Å². The summed E-state index contributed by atoms with van der Waals surface area (Å²) in [5, 5.41) is 15.6. The van der Waals surface area contributed by atoms with Crippen molar-refractivity contribution in [2.45, 2.75) is 37.1 Å². The van der Waals surface area contributed by atoms with E-state index in [1.807, 2.05) is 0 Å². The van der Waals surface area contributed by atoms with Crippen LogP contribution in [0.5, 0.6) is 0 Å². The molecule has 0 aliphatic carbocycles. The van der Waals surface area contributed by atoms with Crippen LogP contribution in [0.1, 0.15) is 18.9 Å². The van der Waals surface area contributed by atoms with Gasteiger partial charge in [0.2, 0.25) is 0 Å². The number of fused-ring (bicyclic) bond motifs is 1. The Hall–Kier alpha value is -2.79. The first-order chi connectivity index (χ1) is 14.5. The average molecular weight is 441 g/mol. The molecule has 0 radical (unpaired) electrons. The van der Waals surface area contributed by atoms with Crippen molar-refractivity contribution in [3.63, 3.8) is 0 Å². The number of piperidine rings is 1. The van der Waals surface area contributed by atoms with Crippen molar-refractivity contribution in [1.29, 1.82) is 0 Å². The standard InChI is InChI=1S/C20H20F5N5O/c1-18(31,20(23,24)25)12-5-6-17-27-9-14(30(17)11-12)13-3-2-4-16(28-13)29-15-10-26-8-7-19(15,21)22/h2-6,9,11,15,26,31H,7-8,10H2,1H3,(H,28,29)/t15-,18+/m0/s1. The lowest BCUT2D eigenvalue weighted by Gasteiger charge is -2.32. The summed E-state index contributed by atoms with van der Waals surface area (Å²) in [7, 11) is 0. The summed E-state index contributed by atoms with van der Waals surface area (Å²) in [6, 6.07) is 6.12. The molecule has 0 amide bonds. The van der Waals surface area contributed by atoms with Gasteiger partial charge >= 0.3 is 6.18 Å². The second-order valence-corrected chi connectivity index (χ2v) is 7.68. The summed E-state index contributed by atoms with van der Waals surface area (Å²) in [5.74, 6) is -2.69. The fourth-order valence-corrected chi connectivity index (χ4v) is 3.44. The van der Waals surface area contributed by atoms with Crippen LogP contribution in [-0.2, 0) is 5.60 Å². The van der Waals surface area contributed by atoms with Gasteiger partial charge in [0.25, 0.3) is 5.92 Å². The van der Waals surface area contributed by atoms with Gasteiger partial charge in [0.1, 0.15) is 17.5 Å². The molecule has 3 N–H and O–H groups in total. The lowest BCUT2D eigenvalue weighted by molar-refractivity contribution is -0.259. The smallest absolute Gasteiger partial charge is 0.376 e. The number of aromatic nitrogens is 3. The van der Waals surface area contributed by atoms with Gasteiger partial charge in [-0.15, -0.1) is 0 Å². The van der Waals surface area contributed by atoms with Crippen LogP contribution in [0.15, 0.2) is 42.7 Å². The Labute approximate surface area is 174 Å². The minimum Gasteiger partial charge on any atom is -0.376 e. The zero-order chi connectivity index (χ0) is 22.4. The molecule has 3 aromatic heterocycles. The number of hydrogen-bond acceptors (Lipinski definition) is 5. The van der Waals surface area contributed by atoms with Crippen LogP contribution in [-0.4, -0.2) is 50.7 Å². The van der Waals surface area contributed by atoms with Crippen LogP contribution in [0.3, 0.4) is 0 Å². The highest BCUT2D eigenvalue weighted by Gasteiger charge is 2.51. The first-order valence-electron chi connectivity index (χ1n) is 9.58. The fourth-order valence-electron chi connectivity index (χ4n) is 3.44. The minimum atomic E-state index is -4.87. The lowest BCUT2D eigenvalue weighted by Crippen LogP contribution is -2.52. The second-order valence-electron chi connectivity index (χ2n) is 7.68. The van der Waals surface area contributed by atoms with Crippen molar-refractivity contribution in [2.24, 2.45) is 0 Å². The number of aliphatic hydroxyl groups is 1. The van der Waals surface area contributed by atoms with Crippen LogP contribution < -0.4 is 10.6 Å². The third-order valence-electron chi connectivity index (χ3n) is 5.45. The van der Waals surface area contributed by atoms with E-state index in [4.69, 9.17) is 0 Å². The van der Waals surface area contributed by atoms with E-state index in [9.17, 15) is 27.1 Å². The molecule has 1 saturated heterocycles. The molecule has 0 spiro atoms. The SMILES string of the molecule is C[C@@](O)(c1ccc2ncc(-c3cccc(N[C@H]4CNCCC4(F)F)n3)n2c1)C(F)(F)F. The Morgan fingerprint density at radius 2 is 2.00 bits per heavy atom. The topological polar surface area (TPSA) is 74.5 Å². The van der Waals surface area contributed by atoms with Crippen LogP contribution in [0, 0.1) is 0 Å². The Kier molecular flexibility index (Phi) is 5.13. The lowest BCUT2D eigenvalue weighted by atomic mass is 9.97. The van der Waals surface area contributed by atoms with E-state index >= 15 is 0 Å². The highest BCUT2D eigenvalue weighted by Crippen LogP contribution is 2.38. The summed E-state index contributed by atoms with van der Waals surface area (Å²) in [6.45, 7) is 0.973. The van der Waals surface area contributed by atoms with E-state index in [1.54, 1.807) is 12.1 Å². The van der Waals surface area contributed by atoms with Crippen molar-refractivity contribution in [3.8, 4) is 11.4 Å². The number of nitrogens with one attached hydrogen (secondary N) is 2. The Morgan fingerprint density at radius 1 is 1.23 bits per heavy atom. The maximum Gasteiger partial charge on any atom is 0.421 e. The quantitative estimate of drug-likeness (QED) is 0.540. The van der Waals surface area contributed by atoms with E-state index < -0.39 is 23.7 Å². The largest absolute Gasteiger partial charge is 0.421 e. The summed E-state index contributed by atoms with van der Waals surface area (Å²) in [4.78, 5) is 8.51. The van der Waals surface area contributed by atoms with Gasteiger partial charge < -0.3 is 15.7 Å². The van der Waals surface area contributed by atoms with Gasteiger partial charge in [-0.1, -0.05) is 12.1 Å². The molecule has 6 nitrogen and oxygen atoms in total. The van der Waals surface area contributed by atoms with E-state index in [1.165, 1.54) is 22.7 Å². The maximum atomic E-state index is 14.1. The molecular weight excluding hydrogens is 421 g/mol. The van der Waals surface area contributed by atoms with Crippen LogP contribution in [0.4, 0.5) is 27.8 Å². The predicted octanol–water partition coefficient (Wildman–Crippen LogP) is 3.58. The molecule has 4 heterocycles. The molecular formula is C20H20F5N5O. The van der Waals surface area contributed by atoms with Gasteiger partial charge in [-0.3, -0.25) is 4.40 Å². The summed E-state index contributed by atoms with van der Waals surface area (Å²) in [6.07, 6.45) is -2.60. The molecule has 1 aliphatic heterocycles. The minimum absolute atomic E-state index is 0.0738. The molecule has 2 atom stereocenters. The summed E-state index contributed by atoms with van der Waals surface area (Å²) in [5.41, 5.74) is -2.40. The molecule has 0 saturated carbocycles. The number of imidazole rings is 1. The van der Waals surface area contributed by atoms with E-state index in [0.717, 1.165) is 12.3 Å². The van der Waals surface area contributed by atoms with Gasteiger partial charge in [0.05, 0.1) is 17.6 Å². The highest BCUT2D eigenvalue weighted by molar-refractivity contribution is 5.62. The summed E-state index contributed by atoms with van der Waals surface area (Å²) >= 11 is 0. The Morgan fingerprint density at radius 3 is 2.71 bits per heavy atom. The van der Waals surface area contributed by atoms with E-state index in [2.05, 4.69) is 20.6 Å². The van der Waals surface area contributed by atoms with Crippen molar-refractivity contribution in [3.05, 3.63) is 48.3 Å². The Balaban J connectivity index is 1.69. The third-order valence-corrected chi connectivity index (χ3v) is 5.45. The van der Waals surface area contributed by atoms with Crippen molar-refractivity contribution >= 4 is 11.5 Å². The molecule has 3 aromatic rings. The number of nitrogens with zero attached hydrogens (tertiary/aromatic N) is 3. The van der Waals surface area contributed by atoms with Gasteiger partial charge in [-0.25, -0.2) is 18.7 Å². The number of halogens is 5. The third kappa shape index (κ3) is 3.94. The molecule has 166 valence electrons. The first kappa shape index (κ1) is 21.4. The van der Waals surface area contributed by atoms with Crippen molar-refractivity contribution < 1.29 is 27.1 Å². The maximum absolute atomic E-state index is 14.1.